The smallest absolute Gasteiger partial charge is 0.338 e. The van der Waals surface area contributed by atoms with Gasteiger partial charge >= 0.3 is 5.97 Å². The van der Waals surface area contributed by atoms with Crippen LogP contribution in [0.5, 0.6) is 0 Å². The van der Waals surface area contributed by atoms with Gasteiger partial charge in [-0.2, -0.15) is 0 Å². The molecule has 3 amide bonds. The van der Waals surface area contributed by atoms with Crippen molar-refractivity contribution in [3.63, 3.8) is 0 Å². The number of hydrogen-bond acceptors (Lipinski definition) is 5. The van der Waals surface area contributed by atoms with Crippen LogP contribution in [0.2, 0.25) is 0 Å². The van der Waals surface area contributed by atoms with E-state index in [2.05, 4.69) is 5.32 Å². The summed E-state index contributed by atoms with van der Waals surface area (Å²) in [7, 11) is 0. The van der Waals surface area contributed by atoms with Gasteiger partial charge < -0.3 is 10.1 Å². The number of ether oxygens (including phenoxy) is 1. The molecule has 3 aromatic carbocycles. The van der Waals surface area contributed by atoms with Crippen LogP contribution in [-0.4, -0.2) is 30.3 Å². The second-order valence-corrected chi connectivity index (χ2v) is 8.27. The molecule has 0 aliphatic carbocycles. The molecule has 7 heteroatoms. The summed E-state index contributed by atoms with van der Waals surface area (Å²) in [5.41, 5.74) is 3.58. The largest absolute Gasteiger partial charge is 0.452 e. The Morgan fingerprint density at radius 3 is 2.35 bits per heavy atom. The van der Waals surface area contributed by atoms with E-state index in [1.54, 1.807) is 6.07 Å². The molecule has 0 fully saturated rings. The van der Waals surface area contributed by atoms with E-state index >= 15 is 0 Å². The van der Waals surface area contributed by atoms with E-state index in [1.165, 1.54) is 18.2 Å². The monoisotopic (exact) mass is 456 g/mol. The van der Waals surface area contributed by atoms with Crippen LogP contribution in [0.25, 0.3) is 0 Å². The van der Waals surface area contributed by atoms with Gasteiger partial charge in [-0.05, 0) is 61.7 Å². The number of carbonyl (C=O) groups excluding carboxylic acids is 4. The maximum absolute atomic E-state index is 13.1. The van der Waals surface area contributed by atoms with Crippen LogP contribution < -0.4 is 10.2 Å². The van der Waals surface area contributed by atoms with E-state index in [9.17, 15) is 19.2 Å². The maximum Gasteiger partial charge on any atom is 0.338 e. The number of benzene rings is 3. The Morgan fingerprint density at radius 2 is 1.62 bits per heavy atom. The predicted molar refractivity (Wildman–Crippen MR) is 127 cm³/mol. The zero-order valence-corrected chi connectivity index (χ0v) is 19.1. The number of carbonyl (C=O) groups is 4. The van der Waals surface area contributed by atoms with Gasteiger partial charge in [-0.1, -0.05) is 42.5 Å². The standard InChI is InChI=1S/C27H24N2O5/c1-16-9-10-17(2)23(13-16)29-25(31)21-12-11-20(14-22(21)26(29)32)27(33)34-15-24(30)28-18(3)19-7-5-4-6-8-19/h4-14,18H,15H2,1-3H3,(H,28,30)/t18-/m1/s1. The fourth-order valence-corrected chi connectivity index (χ4v) is 3.87. The van der Waals surface area contributed by atoms with E-state index in [0.717, 1.165) is 21.6 Å². The molecule has 7 nitrogen and oxygen atoms in total. The molecule has 1 N–H and O–H groups in total. The Labute approximate surface area is 197 Å². The quantitative estimate of drug-likeness (QED) is 0.445. The molecule has 0 aromatic heterocycles. The van der Waals surface area contributed by atoms with Crippen molar-refractivity contribution < 1.29 is 23.9 Å². The Kier molecular flexibility index (Phi) is 6.27. The third kappa shape index (κ3) is 4.45. The first-order valence-electron chi connectivity index (χ1n) is 10.9. The summed E-state index contributed by atoms with van der Waals surface area (Å²) >= 11 is 0. The molecule has 0 bridgehead atoms. The van der Waals surface area contributed by atoms with Crippen molar-refractivity contribution in [2.75, 3.05) is 11.5 Å². The highest BCUT2D eigenvalue weighted by Crippen LogP contribution is 2.31. The highest BCUT2D eigenvalue weighted by molar-refractivity contribution is 6.35. The van der Waals surface area contributed by atoms with Crippen LogP contribution in [0.1, 0.15) is 60.7 Å². The van der Waals surface area contributed by atoms with Crippen molar-refractivity contribution in [2.24, 2.45) is 0 Å². The second kappa shape index (κ2) is 9.31. The van der Waals surface area contributed by atoms with Gasteiger partial charge in [-0.25, -0.2) is 9.69 Å². The van der Waals surface area contributed by atoms with Crippen LogP contribution in [0, 0.1) is 13.8 Å². The minimum atomic E-state index is -0.754. The molecule has 34 heavy (non-hydrogen) atoms. The van der Waals surface area contributed by atoms with E-state index in [0.29, 0.717) is 5.69 Å². The van der Waals surface area contributed by atoms with Gasteiger partial charge in [0.2, 0.25) is 0 Å². The molecule has 172 valence electrons. The van der Waals surface area contributed by atoms with Crippen LogP contribution in [0.15, 0.2) is 66.7 Å². The van der Waals surface area contributed by atoms with E-state index < -0.39 is 30.3 Å². The van der Waals surface area contributed by atoms with E-state index in [4.69, 9.17) is 4.74 Å². The predicted octanol–water partition coefficient (Wildman–Crippen LogP) is 4.14. The van der Waals surface area contributed by atoms with Gasteiger partial charge in [0, 0.05) is 0 Å². The number of rotatable bonds is 6. The van der Waals surface area contributed by atoms with Crippen molar-refractivity contribution >= 4 is 29.4 Å². The number of amides is 3. The first kappa shape index (κ1) is 22.9. The van der Waals surface area contributed by atoms with Crippen molar-refractivity contribution in [1.82, 2.24) is 5.32 Å². The number of fused-ring (bicyclic) bond motifs is 1. The number of hydrogen-bond donors (Lipinski definition) is 1. The third-order valence-electron chi connectivity index (χ3n) is 5.74. The van der Waals surface area contributed by atoms with Crippen molar-refractivity contribution in [3.8, 4) is 0 Å². The van der Waals surface area contributed by atoms with Gasteiger partial charge in [0.1, 0.15) is 0 Å². The van der Waals surface area contributed by atoms with Crippen LogP contribution in [-0.2, 0) is 9.53 Å². The molecule has 3 aromatic rings. The number of anilines is 1. The fourth-order valence-electron chi connectivity index (χ4n) is 3.87. The van der Waals surface area contributed by atoms with E-state index in [-0.39, 0.29) is 22.7 Å². The average molecular weight is 456 g/mol. The number of nitrogens with zero attached hydrogens (tertiary/aromatic N) is 1. The van der Waals surface area contributed by atoms with Crippen LogP contribution >= 0.6 is 0 Å². The molecular weight excluding hydrogens is 432 g/mol. The molecule has 1 atom stereocenters. The summed E-state index contributed by atoms with van der Waals surface area (Å²) in [6, 6.07) is 18.9. The van der Waals surface area contributed by atoms with Gasteiger partial charge in [0.05, 0.1) is 28.4 Å². The Bertz CT molecular complexity index is 1300. The van der Waals surface area contributed by atoms with Crippen LogP contribution in [0.3, 0.4) is 0 Å². The molecule has 0 saturated heterocycles. The lowest BCUT2D eigenvalue weighted by atomic mass is 10.1. The zero-order valence-electron chi connectivity index (χ0n) is 19.1. The molecule has 0 radical (unpaired) electrons. The second-order valence-electron chi connectivity index (χ2n) is 8.27. The van der Waals surface area contributed by atoms with Gasteiger partial charge in [0.15, 0.2) is 6.61 Å². The summed E-state index contributed by atoms with van der Waals surface area (Å²) in [6.07, 6.45) is 0. The Hall–Kier alpha value is -4.26. The third-order valence-corrected chi connectivity index (χ3v) is 5.74. The molecular formula is C27H24N2O5. The summed E-state index contributed by atoms with van der Waals surface area (Å²) < 4.78 is 5.13. The molecule has 0 spiro atoms. The summed E-state index contributed by atoms with van der Waals surface area (Å²) in [5, 5.41) is 2.77. The molecule has 1 aliphatic heterocycles. The van der Waals surface area contributed by atoms with Crippen LogP contribution in [0.4, 0.5) is 5.69 Å². The molecule has 0 unspecified atom stereocenters. The number of nitrogens with one attached hydrogen (secondary N) is 1. The summed E-state index contributed by atoms with van der Waals surface area (Å²) in [4.78, 5) is 51.8. The minimum Gasteiger partial charge on any atom is -0.452 e. The summed E-state index contributed by atoms with van der Waals surface area (Å²) in [5.74, 6) is -2.14. The van der Waals surface area contributed by atoms with Crippen molar-refractivity contribution in [2.45, 2.75) is 26.8 Å². The topological polar surface area (TPSA) is 92.8 Å². The zero-order chi connectivity index (χ0) is 24.4. The lowest BCUT2D eigenvalue weighted by Crippen LogP contribution is -2.31. The fraction of sp³-hybridized carbons (Fsp3) is 0.185. The lowest BCUT2D eigenvalue weighted by Gasteiger charge is -2.17. The molecule has 0 saturated carbocycles. The minimum absolute atomic E-state index is 0.0895. The van der Waals surface area contributed by atoms with Gasteiger partial charge in [-0.15, -0.1) is 0 Å². The molecule has 1 heterocycles. The number of imide groups is 1. The van der Waals surface area contributed by atoms with Gasteiger partial charge in [-0.3, -0.25) is 14.4 Å². The first-order chi connectivity index (χ1) is 16.3. The molecule has 4 rings (SSSR count). The number of aryl methyl sites for hydroxylation is 2. The highest BCUT2D eigenvalue weighted by Gasteiger charge is 2.38. The van der Waals surface area contributed by atoms with E-state index in [1.807, 2.05) is 63.2 Å². The maximum atomic E-state index is 13.1. The Balaban J connectivity index is 1.44. The number of esters is 1. The normalized spacial score (nSPS) is 13.4. The SMILES string of the molecule is Cc1ccc(C)c(N2C(=O)c3ccc(C(=O)OCC(=O)N[C@H](C)c4ccccc4)cc3C2=O)c1. The average Bonchev–Trinajstić information content (AvgIpc) is 3.08. The molecule has 1 aliphatic rings. The van der Waals surface area contributed by atoms with Gasteiger partial charge in [0.25, 0.3) is 17.7 Å². The highest BCUT2D eigenvalue weighted by atomic mass is 16.5. The lowest BCUT2D eigenvalue weighted by molar-refractivity contribution is -0.124. The Morgan fingerprint density at radius 1 is 0.912 bits per heavy atom. The van der Waals surface area contributed by atoms with Crippen molar-refractivity contribution in [1.29, 1.82) is 0 Å². The van der Waals surface area contributed by atoms with Crippen molar-refractivity contribution in [3.05, 3.63) is 100 Å². The summed E-state index contributed by atoms with van der Waals surface area (Å²) in [6.45, 7) is 5.07. The first-order valence-corrected chi connectivity index (χ1v) is 10.9.